The molecule has 1 aromatic carbocycles. The van der Waals surface area contributed by atoms with Gasteiger partial charge in [-0.15, -0.1) is 10.2 Å². The molecular weight excluding hydrogens is 300 g/mol. The molecule has 0 unspecified atom stereocenters. The first-order valence-electron chi connectivity index (χ1n) is 7.08. The molecule has 0 saturated heterocycles. The van der Waals surface area contributed by atoms with E-state index in [1.165, 1.54) is 5.56 Å². The van der Waals surface area contributed by atoms with Crippen molar-refractivity contribution < 1.29 is 0 Å². The number of rotatable bonds is 6. The Labute approximate surface area is 132 Å². The highest BCUT2D eigenvalue weighted by molar-refractivity contribution is 7.99. The number of nitrogens with zero attached hydrogens (tertiary/aromatic N) is 4. The third-order valence-corrected chi connectivity index (χ3v) is 5.16. The molecule has 4 nitrogen and oxygen atoms in total. The molecule has 0 fully saturated rings. The molecule has 110 valence electrons. The van der Waals surface area contributed by atoms with Gasteiger partial charge in [0.15, 0.2) is 5.82 Å². The van der Waals surface area contributed by atoms with Crippen LogP contribution in [0.4, 0.5) is 0 Å². The maximum absolute atomic E-state index is 4.66. The molecule has 0 saturated carbocycles. The van der Waals surface area contributed by atoms with Crippen LogP contribution in [0.25, 0.3) is 4.96 Å². The number of fused-ring (bicyclic) bond motifs is 1. The molecule has 6 heteroatoms. The van der Waals surface area contributed by atoms with Gasteiger partial charge in [0.05, 0.1) is 5.75 Å². The molecule has 0 spiro atoms. The van der Waals surface area contributed by atoms with Crippen molar-refractivity contribution >= 4 is 28.1 Å². The highest BCUT2D eigenvalue weighted by atomic mass is 32.2. The lowest BCUT2D eigenvalue weighted by molar-refractivity contribution is 0.827. The van der Waals surface area contributed by atoms with Gasteiger partial charge in [0.2, 0.25) is 4.96 Å². The first-order chi connectivity index (χ1) is 10.2. The fourth-order valence-corrected chi connectivity index (χ4v) is 3.54. The monoisotopic (exact) mass is 318 g/mol. The lowest BCUT2D eigenvalue weighted by atomic mass is 10.1. The Kier molecular flexibility index (Phi) is 4.55. The molecule has 0 aliphatic rings. The van der Waals surface area contributed by atoms with E-state index in [0.29, 0.717) is 5.25 Å². The SMILES string of the molecule is CC(C)SCc1nnc2sc(CCc3ccccc3)nn12. The van der Waals surface area contributed by atoms with E-state index in [4.69, 9.17) is 0 Å². The maximum Gasteiger partial charge on any atom is 0.234 e. The summed E-state index contributed by atoms with van der Waals surface area (Å²) >= 11 is 3.51. The summed E-state index contributed by atoms with van der Waals surface area (Å²) in [6.45, 7) is 4.38. The van der Waals surface area contributed by atoms with Crippen molar-refractivity contribution in [1.82, 2.24) is 19.8 Å². The zero-order valence-corrected chi connectivity index (χ0v) is 13.8. The second-order valence-electron chi connectivity index (χ2n) is 5.15. The van der Waals surface area contributed by atoms with Gasteiger partial charge in [0.1, 0.15) is 5.01 Å². The van der Waals surface area contributed by atoms with Gasteiger partial charge in [-0.05, 0) is 17.2 Å². The minimum atomic E-state index is 0.591. The van der Waals surface area contributed by atoms with E-state index in [1.54, 1.807) is 11.3 Å². The quantitative estimate of drug-likeness (QED) is 0.696. The third-order valence-electron chi connectivity index (χ3n) is 3.11. The van der Waals surface area contributed by atoms with E-state index in [1.807, 2.05) is 22.3 Å². The summed E-state index contributed by atoms with van der Waals surface area (Å²) in [5.41, 5.74) is 1.35. The zero-order valence-electron chi connectivity index (χ0n) is 12.2. The molecule has 2 heterocycles. The predicted molar refractivity (Wildman–Crippen MR) is 88.9 cm³/mol. The highest BCUT2D eigenvalue weighted by Gasteiger charge is 2.12. The van der Waals surface area contributed by atoms with E-state index < -0.39 is 0 Å². The number of aryl methyl sites for hydroxylation is 2. The topological polar surface area (TPSA) is 43.1 Å². The molecule has 3 rings (SSSR count). The minimum Gasteiger partial charge on any atom is -0.186 e. The van der Waals surface area contributed by atoms with Crippen LogP contribution >= 0.6 is 23.1 Å². The van der Waals surface area contributed by atoms with Crippen LogP contribution in [0.3, 0.4) is 0 Å². The van der Waals surface area contributed by atoms with E-state index in [0.717, 1.165) is 34.4 Å². The van der Waals surface area contributed by atoms with Crippen LogP contribution < -0.4 is 0 Å². The van der Waals surface area contributed by atoms with Gasteiger partial charge in [-0.3, -0.25) is 0 Å². The Morgan fingerprint density at radius 3 is 2.71 bits per heavy atom. The molecule has 0 N–H and O–H groups in total. The molecule has 0 bridgehead atoms. The zero-order chi connectivity index (χ0) is 14.7. The minimum absolute atomic E-state index is 0.591. The van der Waals surface area contributed by atoms with Crippen molar-refractivity contribution in [3.05, 3.63) is 46.7 Å². The normalized spacial score (nSPS) is 11.6. The second kappa shape index (κ2) is 6.58. The second-order valence-corrected chi connectivity index (χ2v) is 7.76. The number of benzene rings is 1. The van der Waals surface area contributed by atoms with Crippen molar-refractivity contribution in [2.45, 2.75) is 37.7 Å². The lowest BCUT2D eigenvalue weighted by Crippen LogP contribution is -1.98. The first kappa shape index (κ1) is 14.5. The fraction of sp³-hybridized carbons (Fsp3) is 0.400. The van der Waals surface area contributed by atoms with Gasteiger partial charge in [-0.25, -0.2) is 0 Å². The number of aromatic nitrogens is 4. The van der Waals surface area contributed by atoms with Crippen LogP contribution in [0.2, 0.25) is 0 Å². The number of thioether (sulfide) groups is 1. The van der Waals surface area contributed by atoms with E-state index in [2.05, 4.69) is 53.4 Å². The molecule has 2 aromatic heterocycles. The summed E-state index contributed by atoms with van der Waals surface area (Å²) in [6, 6.07) is 10.5. The van der Waals surface area contributed by atoms with Crippen molar-refractivity contribution in [2.24, 2.45) is 0 Å². The Balaban J connectivity index is 1.69. The van der Waals surface area contributed by atoms with E-state index in [9.17, 15) is 0 Å². The molecule has 0 amide bonds. The summed E-state index contributed by atoms with van der Waals surface area (Å²) in [7, 11) is 0. The van der Waals surface area contributed by atoms with Gasteiger partial charge >= 0.3 is 0 Å². The maximum atomic E-state index is 4.66. The fourth-order valence-electron chi connectivity index (χ4n) is 2.03. The summed E-state index contributed by atoms with van der Waals surface area (Å²) in [5.74, 6) is 1.81. The van der Waals surface area contributed by atoms with Crippen LogP contribution in [0.5, 0.6) is 0 Å². The van der Waals surface area contributed by atoms with Crippen molar-refractivity contribution in [3.63, 3.8) is 0 Å². The average Bonchev–Trinajstić information content (AvgIpc) is 3.04. The Morgan fingerprint density at radius 2 is 1.95 bits per heavy atom. The van der Waals surface area contributed by atoms with Crippen LogP contribution in [0.1, 0.15) is 30.2 Å². The summed E-state index contributed by atoms with van der Waals surface area (Å²) in [5, 5.41) is 14.8. The Hall–Kier alpha value is -1.40. The predicted octanol–water partition coefficient (Wildman–Crippen LogP) is 3.61. The largest absolute Gasteiger partial charge is 0.234 e. The average molecular weight is 318 g/mol. The molecule has 0 radical (unpaired) electrons. The molecular formula is C15H18N4S2. The summed E-state index contributed by atoms with van der Waals surface area (Å²) in [4.78, 5) is 0.900. The van der Waals surface area contributed by atoms with Gasteiger partial charge < -0.3 is 0 Å². The standard InChI is InChI=1S/C15H18N4S2/c1-11(2)20-10-13-16-17-15-19(13)18-14(21-15)9-8-12-6-4-3-5-7-12/h3-7,11H,8-10H2,1-2H3. The van der Waals surface area contributed by atoms with Crippen molar-refractivity contribution in [2.75, 3.05) is 0 Å². The lowest BCUT2D eigenvalue weighted by Gasteiger charge is -2.01. The summed E-state index contributed by atoms with van der Waals surface area (Å²) in [6.07, 6.45) is 1.97. The summed E-state index contributed by atoms with van der Waals surface area (Å²) < 4.78 is 1.90. The van der Waals surface area contributed by atoms with Crippen molar-refractivity contribution in [3.8, 4) is 0 Å². The van der Waals surface area contributed by atoms with Gasteiger partial charge in [0, 0.05) is 6.42 Å². The Morgan fingerprint density at radius 1 is 1.14 bits per heavy atom. The van der Waals surface area contributed by atoms with Gasteiger partial charge in [-0.1, -0.05) is 55.5 Å². The molecule has 0 aliphatic carbocycles. The molecule has 0 atom stereocenters. The highest BCUT2D eigenvalue weighted by Crippen LogP contribution is 2.20. The first-order valence-corrected chi connectivity index (χ1v) is 8.94. The molecule has 0 aliphatic heterocycles. The van der Waals surface area contributed by atoms with Crippen LogP contribution in [-0.2, 0) is 18.6 Å². The van der Waals surface area contributed by atoms with Gasteiger partial charge in [0.25, 0.3) is 0 Å². The number of hydrogen-bond donors (Lipinski definition) is 0. The Bertz CT molecular complexity index is 703. The van der Waals surface area contributed by atoms with Gasteiger partial charge in [-0.2, -0.15) is 21.4 Å². The smallest absolute Gasteiger partial charge is 0.186 e. The molecule has 21 heavy (non-hydrogen) atoms. The van der Waals surface area contributed by atoms with Crippen LogP contribution in [-0.4, -0.2) is 25.1 Å². The molecule has 3 aromatic rings. The van der Waals surface area contributed by atoms with Crippen LogP contribution in [0, 0.1) is 0 Å². The number of hydrogen-bond acceptors (Lipinski definition) is 5. The van der Waals surface area contributed by atoms with Crippen LogP contribution in [0.15, 0.2) is 30.3 Å². The van der Waals surface area contributed by atoms with E-state index in [-0.39, 0.29) is 0 Å². The third kappa shape index (κ3) is 3.63. The van der Waals surface area contributed by atoms with E-state index >= 15 is 0 Å². The van der Waals surface area contributed by atoms with Crippen molar-refractivity contribution in [1.29, 1.82) is 0 Å².